The van der Waals surface area contributed by atoms with Gasteiger partial charge in [-0.05, 0) is 76.3 Å². The average molecular weight is 412 g/mol. The Morgan fingerprint density at radius 3 is 2.73 bits per heavy atom. The van der Waals surface area contributed by atoms with Crippen LogP contribution in [0.1, 0.15) is 51.3 Å². The van der Waals surface area contributed by atoms with Gasteiger partial charge in [-0.2, -0.15) is 0 Å². The molecule has 0 bridgehead atoms. The van der Waals surface area contributed by atoms with E-state index in [2.05, 4.69) is 51.9 Å². The van der Waals surface area contributed by atoms with E-state index in [-0.39, 0.29) is 5.91 Å². The monoisotopic (exact) mass is 411 g/mol. The van der Waals surface area contributed by atoms with Gasteiger partial charge in [0, 0.05) is 26.1 Å². The van der Waals surface area contributed by atoms with Gasteiger partial charge in [-0.1, -0.05) is 19.1 Å². The van der Waals surface area contributed by atoms with Crippen molar-refractivity contribution in [3.05, 3.63) is 30.1 Å². The molecule has 1 atom stereocenters. The van der Waals surface area contributed by atoms with Gasteiger partial charge in [0.2, 0.25) is 5.91 Å². The number of aromatic nitrogens is 2. The number of imidazole rings is 1. The van der Waals surface area contributed by atoms with E-state index >= 15 is 0 Å². The molecule has 2 aliphatic heterocycles. The number of likely N-dealkylation sites (N-methyl/N-ethyl adjacent to an activating group) is 1. The fraction of sp³-hybridized carbons (Fsp3) is 0.667. The third-order valence-electron chi connectivity index (χ3n) is 7.17. The van der Waals surface area contributed by atoms with Crippen LogP contribution in [0.15, 0.2) is 24.3 Å². The first-order valence-corrected chi connectivity index (χ1v) is 11.8. The minimum absolute atomic E-state index is 0.236. The van der Waals surface area contributed by atoms with Gasteiger partial charge in [0.1, 0.15) is 5.82 Å². The van der Waals surface area contributed by atoms with Crippen LogP contribution in [0, 0.1) is 5.92 Å². The van der Waals surface area contributed by atoms with Gasteiger partial charge in [0.15, 0.2) is 0 Å². The lowest BCUT2D eigenvalue weighted by Gasteiger charge is -2.31. The minimum atomic E-state index is 0.236. The number of fused-ring (bicyclic) bond motifs is 1. The van der Waals surface area contributed by atoms with Gasteiger partial charge in [-0.25, -0.2) is 4.98 Å². The molecule has 2 saturated heterocycles. The van der Waals surface area contributed by atoms with E-state index in [1.807, 2.05) is 6.07 Å². The fourth-order valence-electron chi connectivity index (χ4n) is 5.17. The zero-order chi connectivity index (χ0) is 20.9. The molecule has 1 aromatic heterocycles. The van der Waals surface area contributed by atoms with Crippen LogP contribution >= 0.6 is 0 Å². The van der Waals surface area contributed by atoms with Gasteiger partial charge in [0.25, 0.3) is 0 Å². The largest absolute Gasteiger partial charge is 0.355 e. The molecule has 0 saturated carbocycles. The number of aryl methyl sites for hydroxylation is 1. The first kappa shape index (κ1) is 21.3. The Bertz CT molecular complexity index is 839. The van der Waals surface area contributed by atoms with E-state index in [9.17, 15) is 4.79 Å². The Morgan fingerprint density at radius 1 is 1.17 bits per heavy atom. The van der Waals surface area contributed by atoms with Crippen LogP contribution < -0.4 is 5.32 Å². The van der Waals surface area contributed by atoms with Crippen LogP contribution in [0.4, 0.5) is 0 Å². The normalized spacial score (nSPS) is 21.5. The number of hydrogen-bond acceptors (Lipinski definition) is 4. The van der Waals surface area contributed by atoms with Gasteiger partial charge < -0.3 is 9.88 Å². The molecule has 30 heavy (non-hydrogen) atoms. The molecule has 6 heteroatoms. The van der Waals surface area contributed by atoms with Gasteiger partial charge in [-0.15, -0.1) is 0 Å². The van der Waals surface area contributed by atoms with Crippen LogP contribution in [0.3, 0.4) is 0 Å². The predicted molar refractivity (Wildman–Crippen MR) is 121 cm³/mol. The Morgan fingerprint density at radius 2 is 1.97 bits per heavy atom. The molecule has 1 aromatic carbocycles. The highest BCUT2D eigenvalue weighted by Crippen LogP contribution is 2.24. The summed E-state index contributed by atoms with van der Waals surface area (Å²) >= 11 is 0. The summed E-state index contributed by atoms with van der Waals surface area (Å²) < 4.78 is 2.22. The number of piperidine rings is 1. The van der Waals surface area contributed by atoms with Crippen LogP contribution in [-0.2, 0) is 18.4 Å². The summed E-state index contributed by atoms with van der Waals surface area (Å²) in [6.07, 6.45) is 6.55. The van der Waals surface area contributed by atoms with Crippen molar-refractivity contribution < 1.29 is 4.79 Å². The number of nitrogens with one attached hydrogen (secondary N) is 1. The van der Waals surface area contributed by atoms with E-state index in [1.165, 1.54) is 37.7 Å². The first-order valence-electron chi connectivity index (χ1n) is 11.8. The molecule has 2 fully saturated rings. The summed E-state index contributed by atoms with van der Waals surface area (Å²) in [5, 5.41) is 3.19. The smallest absolute Gasteiger partial charge is 0.220 e. The van der Waals surface area contributed by atoms with E-state index < -0.39 is 0 Å². The quantitative estimate of drug-likeness (QED) is 0.725. The van der Waals surface area contributed by atoms with Crippen molar-refractivity contribution in [2.24, 2.45) is 13.0 Å². The number of nitrogens with zero attached hydrogens (tertiary/aromatic N) is 4. The number of likely N-dealkylation sites (tertiary alicyclic amines) is 2. The third-order valence-corrected chi connectivity index (χ3v) is 7.17. The van der Waals surface area contributed by atoms with E-state index in [0.717, 1.165) is 50.5 Å². The van der Waals surface area contributed by atoms with Crippen molar-refractivity contribution in [3.8, 4) is 0 Å². The van der Waals surface area contributed by atoms with E-state index in [0.29, 0.717) is 18.4 Å². The topological polar surface area (TPSA) is 53.4 Å². The van der Waals surface area contributed by atoms with Crippen molar-refractivity contribution in [1.82, 2.24) is 24.7 Å². The number of rotatable bonds is 8. The molecule has 3 heterocycles. The van der Waals surface area contributed by atoms with Crippen LogP contribution in [0.2, 0.25) is 0 Å². The van der Waals surface area contributed by atoms with Crippen LogP contribution in [0.5, 0.6) is 0 Å². The Kier molecular flexibility index (Phi) is 7.05. The predicted octanol–water partition coefficient (Wildman–Crippen LogP) is 3.17. The highest BCUT2D eigenvalue weighted by Gasteiger charge is 2.24. The van der Waals surface area contributed by atoms with Gasteiger partial charge in [0.05, 0.1) is 17.6 Å². The molecule has 164 valence electrons. The molecule has 6 nitrogen and oxygen atoms in total. The number of hydrogen-bond donors (Lipinski definition) is 1. The molecule has 1 amide bonds. The summed E-state index contributed by atoms with van der Waals surface area (Å²) in [5.74, 6) is 2.05. The van der Waals surface area contributed by atoms with Crippen molar-refractivity contribution in [3.63, 3.8) is 0 Å². The Labute approximate surface area is 180 Å². The average Bonchev–Trinajstić information content (AvgIpc) is 3.36. The summed E-state index contributed by atoms with van der Waals surface area (Å²) in [7, 11) is 2.11. The second-order valence-electron chi connectivity index (χ2n) is 9.06. The van der Waals surface area contributed by atoms with Crippen molar-refractivity contribution in [2.45, 2.75) is 58.0 Å². The molecular formula is C24H37N5O. The van der Waals surface area contributed by atoms with Crippen molar-refractivity contribution in [1.29, 1.82) is 0 Å². The second-order valence-corrected chi connectivity index (χ2v) is 9.06. The van der Waals surface area contributed by atoms with Crippen molar-refractivity contribution >= 4 is 16.9 Å². The lowest BCUT2D eigenvalue weighted by Crippen LogP contribution is -2.40. The molecular weight excluding hydrogens is 374 g/mol. The molecule has 1 N–H and O–H groups in total. The maximum Gasteiger partial charge on any atom is 0.220 e. The summed E-state index contributed by atoms with van der Waals surface area (Å²) in [6, 6.07) is 8.89. The molecule has 0 radical (unpaired) electrons. The molecule has 0 spiro atoms. The molecule has 2 aromatic rings. The number of para-hydroxylation sites is 2. The number of benzene rings is 1. The highest BCUT2D eigenvalue weighted by molar-refractivity contribution is 5.76. The SMILES string of the molecule is CCN1CCCC1CNC(=O)CCC1CCN(Cc2nc3ccccc3n2C)CC1. The Balaban J connectivity index is 1.16. The van der Waals surface area contributed by atoms with Crippen molar-refractivity contribution in [2.75, 3.05) is 32.7 Å². The minimum Gasteiger partial charge on any atom is -0.355 e. The van der Waals surface area contributed by atoms with Gasteiger partial charge in [-0.3, -0.25) is 14.6 Å². The first-order chi connectivity index (χ1) is 14.6. The van der Waals surface area contributed by atoms with E-state index in [4.69, 9.17) is 4.98 Å². The fourth-order valence-corrected chi connectivity index (χ4v) is 5.17. The number of amides is 1. The molecule has 1 unspecified atom stereocenters. The maximum absolute atomic E-state index is 12.3. The second kappa shape index (κ2) is 9.92. The lowest BCUT2D eigenvalue weighted by atomic mass is 9.92. The summed E-state index contributed by atoms with van der Waals surface area (Å²) in [4.78, 5) is 22.1. The number of carbonyl (C=O) groups excluding carboxylic acids is 1. The zero-order valence-corrected chi connectivity index (χ0v) is 18.6. The molecule has 4 rings (SSSR count). The zero-order valence-electron chi connectivity index (χ0n) is 18.6. The standard InChI is InChI=1S/C24H37N5O/c1-3-29-14-6-7-20(29)17-25-24(30)11-10-19-12-15-28(16-13-19)18-23-26-21-8-4-5-9-22(21)27(23)2/h4-5,8-9,19-20H,3,6-7,10-18H2,1-2H3,(H,25,30). The van der Waals surface area contributed by atoms with Crippen LogP contribution in [0.25, 0.3) is 11.0 Å². The van der Waals surface area contributed by atoms with Crippen LogP contribution in [-0.4, -0.2) is 64.0 Å². The maximum atomic E-state index is 12.3. The number of carbonyl (C=O) groups is 1. The highest BCUT2D eigenvalue weighted by atomic mass is 16.1. The summed E-state index contributed by atoms with van der Waals surface area (Å²) in [6.45, 7) is 8.42. The van der Waals surface area contributed by atoms with Gasteiger partial charge >= 0.3 is 0 Å². The third kappa shape index (κ3) is 5.03. The lowest BCUT2D eigenvalue weighted by molar-refractivity contribution is -0.121. The molecule has 2 aliphatic rings. The molecule has 0 aliphatic carbocycles. The van der Waals surface area contributed by atoms with E-state index in [1.54, 1.807) is 0 Å². The Hall–Kier alpha value is -1.92. The summed E-state index contributed by atoms with van der Waals surface area (Å²) in [5.41, 5.74) is 2.28.